The molecule has 0 spiro atoms. The maximum atomic E-state index is 11.8. The van der Waals surface area contributed by atoms with Crippen LogP contribution in [0.5, 0.6) is 5.75 Å². The van der Waals surface area contributed by atoms with E-state index in [0.29, 0.717) is 12.4 Å². The van der Waals surface area contributed by atoms with Crippen LogP contribution in [0.1, 0.15) is 26.2 Å². The molecule has 6 heteroatoms. The number of sulfonamides is 1. The van der Waals surface area contributed by atoms with Crippen LogP contribution in [-0.4, -0.2) is 21.6 Å². The van der Waals surface area contributed by atoms with Crippen molar-refractivity contribution in [2.24, 2.45) is 0 Å². The number of nitrogens with zero attached hydrogens (tertiary/aromatic N) is 1. The molecular weight excluding hydrogens is 264 g/mol. The Hall–Kier alpha value is -1.58. The molecule has 1 aromatic rings. The average molecular weight is 282 g/mol. The first kappa shape index (κ1) is 15.5. The fourth-order valence-corrected chi connectivity index (χ4v) is 2.41. The lowest BCUT2D eigenvalue weighted by Crippen LogP contribution is -2.24. The highest BCUT2D eigenvalue weighted by atomic mass is 32.2. The van der Waals surface area contributed by atoms with Crippen LogP contribution >= 0.6 is 0 Å². The minimum atomic E-state index is -3.53. The molecule has 0 bridgehead atoms. The van der Waals surface area contributed by atoms with E-state index in [1.165, 1.54) is 12.1 Å². The van der Waals surface area contributed by atoms with Crippen molar-refractivity contribution >= 4 is 10.0 Å². The first-order chi connectivity index (χ1) is 9.10. The predicted molar refractivity (Wildman–Crippen MR) is 72.3 cm³/mol. The molecule has 0 unspecified atom stereocenters. The molecule has 5 nitrogen and oxygen atoms in total. The van der Waals surface area contributed by atoms with Gasteiger partial charge in [-0.2, -0.15) is 5.26 Å². The van der Waals surface area contributed by atoms with Crippen LogP contribution in [0, 0.1) is 11.3 Å². The highest BCUT2D eigenvalue weighted by Gasteiger charge is 2.12. The molecule has 1 N–H and O–H groups in total. The summed E-state index contributed by atoms with van der Waals surface area (Å²) in [5.41, 5.74) is 0. The van der Waals surface area contributed by atoms with E-state index in [1.807, 2.05) is 6.07 Å². The molecule has 19 heavy (non-hydrogen) atoms. The number of ether oxygens (including phenoxy) is 1. The highest BCUT2D eigenvalue weighted by Crippen LogP contribution is 2.16. The molecule has 0 aromatic heterocycles. The van der Waals surface area contributed by atoms with Crippen molar-refractivity contribution in [1.82, 2.24) is 4.72 Å². The van der Waals surface area contributed by atoms with E-state index in [0.717, 1.165) is 12.8 Å². The van der Waals surface area contributed by atoms with Gasteiger partial charge < -0.3 is 4.74 Å². The number of unbranched alkanes of at least 4 members (excludes halogenated alkanes) is 1. The van der Waals surface area contributed by atoms with Crippen LogP contribution < -0.4 is 9.46 Å². The van der Waals surface area contributed by atoms with Crippen molar-refractivity contribution in [1.29, 1.82) is 5.26 Å². The van der Waals surface area contributed by atoms with Gasteiger partial charge in [0.25, 0.3) is 0 Å². The van der Waals surface area contributed by atoms with Gasteiger partial charge in [0.05, 0.1) is 17.6 Å². The van der Waals surface area contributed by atoms with E-state index in [9.17, 15) is 8.42 Å². The molecule has 0 fully saturated rings. The third kappa shape index (κ3) is 5.28. The Morgan fingerprint density at radius 1 is 1.32 bits per heavy atom. The summed E-state index contributed by atoms with van der Waals surface area (Å²) in [6.07, 6.45) is 2.17. The molecule has 0 saturated heterocycles. The monoisotopic (exact) mass is 282 g/mol. The zero-order chi connectivity index (χ0) is 14.1. The normalized spacial score (nSPS) is 10.9. The SMILES string of the molecule is CCCCOc1ccc(S(=O)(=O)NCCC#N)cc1. The van der Waals surface area contributed by atoms with Crippen molar-refractivity contribution in [3.8, 4) is 11.8 Å². The van der Waals surface area contributed by atoms with Gasteiger partial charge in [0, 0.05) is 13.0 Å². The summed E-state index contributed by atoms with van der Waals surface area (Å²) in [6.45, 7) is 2.82. The Morgan fingerprint density at radius 3 is 2.58 bits per heavy atom. The number of hydrogen-bond acceptors (Lipinski definition) is 4. The standard InChI is InChI=1S/C13H18N2O3S/c1-2-3-11-18-12-5-7-13(8-6-12)19(16,17)15-10-4-9-14/h5-8,15H,2-4,10-11H2,1H3. The third-order valence-corrected chi connectivity index (χ3v) is 3.91. The maximum absolute atomic E-state index is 11.8. The summed E-state index contributed by atoms with van der Waals surface area (Å²) in [6, 6.07) is 8.14. The topological polar surface area (TPSA) is 79.2 Å². The maximum Gasteiger partial charge on any atom is 0.240 e. The summed E-state index contributed by atoms with van der Waals surface area (Å²) in [7, 11) is -3.53. The van der Waals surface area contributed by atoms with Gasteiger partial charge in [-0.3, -0.25) is 0 Å². The Labute approximate surface area is 114 Å². The Morgan fingerprint density at radius 2 is 2.00 bits per heavy atom. The summed E-state index contributed by atoms with van der Waals surface area (Å²) in [4.78, 5) is 0.174. The number of rotatable bonds is 8. The lowest BCUT2D eigenvalue weighted by atomic mass is 10.3. The molecular formula is C13H18N2O3S. The summed E-state index contributed by atoms with van der Waals surface area (Å²) >= 11 is 0. The molecule has 0 aliphatic heterocycles. The van der Waals surface area contributed by atoms with Crippen LogP contribution in [0.2, 0.25) is 0 Å². The van der Waals surface area contributed by atoms with Gasteiger partial charge in [-0.05, 0) is 30.7 Å². The van der Waals surface area contributed by atoms with E-state index in [1.54, 1.807) is 12.1 Å². The zero-order valence-corrected chi connectivity index (χ0v) is 11.7. The van der Waals surface area contributed by atoms with Crippen molar-refractivity contribution in [2.75, 3.05) is 13.2 Å². The molecule has 0 saturated carbocycles. The van der Waals surface area contributed by atoms with Gasteiger partial charge in [0.1, 0.15) is 5.75 Å². The molecule has 1 rings (SSSR count). The predicted octanol–water partition coefficient (Wildman–Crippen LogP) is 2.06. The lowest BCUT2D eigenvalue weighted by molar-refractivity contribution is 0.309. The third-order valence-electron chi connectivity index (χ3n) is 2.43. The molecule has 0 atom stereocenters. The minimum absolute atomic E-state index is 0.119. The average Bonchev–Trinajstić information content (AvgIpc) is 2.40. The van der Waals surface area contributed by atoms with Crippen molar-refractivity contribution in [2.45, 2.75) is 31.1 Å². The highest BCUT2D eigenvalue weighted by molar-refractivity contribution is 7.89. The smallest absolute Gasteiger partial charge is 0.240 e. The van der Waals surface area contributed by atoms with Gasteiger partial charge >= 0.3 is 0 Å². The van der Waals surface area contributed by atoms with Gasteiger partial charge in [0.15, 0.2) is 0 Å². The van der Waals surface area contributed by atoms with Crippen LogP contribution in [0.3, 0.4) is 0 Å². The molecule has 0 amide bonds. The molecule has 0 heterocycles. The Kier molecular flexibility index (Phi) is 6.33. The molecule has 104 valence electrons. The van der Waals surface area contributed by atoms with E-state index in [-0.39, 0.29) is 17.9 Å². The quantitative estimate of drug-likeness (QED) is 0.740. The number of benzene rings is 1. The van der Waals surface area contributed by atoms with E-state index < -0.39 is 10.0 Å². The largest absolute Gasteiger partial charge is 0.494 e. The van der Waals surface area contributed by atoms with Gasteiger partial charge in [-0.15, -0.1) is 0 Å². The second-order valence-electron chi connectivity index (χ2n) is 3.98. The molecule has 0 radical (unpaired) electrons. The lowest BCUT2D eigenvalue weighted by Gasteiger charge is -2.07. The van der Waals surface area contributed by atoms with Crippen LogP contribution in [0.15, 0.2) is 29.2 Å². The van der Waals surface area contributed by atoms with Crippen LogP contribution in [0.4, 0.5) is 0 Å². The fraction of sp³-hybridized carbons (Fsp3) is 0.462. The second kappa shape index (κ2) is 7.77. The van der Waals surface area contributed by atoms with Crippen LogP contribution in [0.25, 0.3) is 0 Å². The zero-order valence-electron chi connectivity index (χ0n) is 10.9. The first-order valence-corrected chi connectivity index (χ1v) is 7.68. The van der Waals surface area contributed by atoms with Gasteiger partial charge in [-0.1, -0.05) is 13.3 Å². The number of nitriles is 1. The van der Waals surface area contributed by atoms with Gasteiger partial charge in [-0.25, -0.2) is 13.1 Å². The molecule has 1 aromatic carbocycles. The summed E-state index contributed by atoms with van der Waals surface area (Å²) in [5, 5.41) is 8.37. The van der Waals surface area contributed by atoms with Crippen molar-refractivity contribution in [3.05, 3.63) is 24.3 Å². The fourth-order valence-electron chi connectivity index (χ4n) is 1.37. The van der Waals surface area contributed by atoms with E-state index in [4.69, 9.17) is 10.00 Å². The van der Waals surface area contributed by atoms with Crippen LogP contribution in [-0.2, 0) is 10.0 Å². The van der Waals surface area contributed by atoms with Crippen molar-refractivity contribution < 1.29 is 13.2 Å². The molecule has 0 aliphatic rings. The second-order valence-corrected chi connectivity index (χ2v) is 5.75. The minimum Gasteiger partial charge on any atom is -0.494 e. The van der Waals surface area contributed by atoms with E-state index in [2.05, 4.69) is 11.6 Å². The van der Waals surface area contributed by atoms with Crippen molar-refractivity contribution in [3.63, 3.8) is 0 Å². The van der Waals surface area contributed by atoms with E-state index >= 15 is 0 Å². The Bertz CT molecular complexity index is 518. The summed E-state index contributed by atoms with van der Waals surface area (Å²) in [5.74, 6) is 0.657. The number of hydrogen-bond donors (Lipinski definition) is 1. The summed E-state index contributed by atoms with van der Waals surface area (Å²) < 4.78 is 31.4. The molecule has 0 aliphatic carbocycles. The Balaban J connectivity index is 2.62. The van der Waals surface area contributed by atoms with Gasteiger partial charge in [0.2, 0.25) is 10.0 Å². The number of nitrogens with one attached hydrogen (secondary N) is 1. The first-order valence-electron chi connectivity index (χ1n) is 6.19.